The maximum atomic E-state index is 12.3. The molecule has 2 amide bonds. The van der Waals surface area contributed by atoms with Crippen LogP contribution in [0.3, 0.4) is 0 Å². The minimum atomic E-state index is -0.598. The summed E-state index contributed by atoms with van der Waals surface area (Å²) in [4.78, 5) is 34.5. The van der Waals surface area contributed by atoms with E-state index in [1.54, 1.807) is 18.2 Å². The predicted molar refractivity (Wildman–Crippen MR) is 114 cm³/mol. The van der Waals surface area contributed by atoms with Crippen molar-refractivity contribution in [3.05, 3.63) is 63.7 Å². The van der Waals surface area contributed by atoms with Crippen LogP contribution in [0.15, 0.2) is 47.6 Å². The predicted octanol–water partition coefficient (Wildman–Crippen LogP) is 3.97. The Morgan fingerprint density at radius 2 is 1.97 bits per heavy atom. The number of hydrogen-bond donors (Lipinski definition) is 3. The van der Waals surface area contributed by atoms with Gasteiger partial charge in [0.15, 0.2) is 0 Å². The van der Waals surface area contributed by atoms with Gasteiger partial charge < -0.3 is 10.4 Å². The maximum Gasteiger partial charge on any atom is 0.271 e. The molecule has 0 spiro atoms. The molecule has 2 rings (SSSR count). The molecule has 30 heavy (non-hydrogen) atoms. The third-order valence-electron chi connectivity index (χ3n) is 4.26. The molecule has 158 valence electrons. The Morgan fingerprint density at radius 1 is 1.17 bits per heavy atom. The fraction of sp³-hybridized carbons (Fsp3) is 0.286. The van der Waals surface area contributed by atoms with Gasteiger partial charge in [-0.15, -0.1) is 0 Å². The van der Waals surface area contributed by atoms with E-state index in [0.29, 0.717) is 12.1 Å². The van der Waals surface area contributed by atoms with Crippen LogP contribution >= 0.6 is 0 Å². The lowest BCUT2D eigenvalue weighted by Crippen LogP contribution is -2.18. The number of phenolic OH excluding ortho intramolecular Hbond substituents is 1. The first-order valence-corrected chi connectivity index (χ1v) is 9.61. The molecule has 2 aromatic rings. The summed E-state index contributed by atoms with van der Waals surface area (Å²) in [7, 11) is 0. The largest absolute Gasteiger partial charge is 0.507 e. The number of amides is 2. The molecule has 0 saturated carbocycles. The molecular weight excluding hydrogens is 388 g/mol. The van der Waals surface area contributed by atoms with E-state index in [0.717, 1.165) is 44.0 Å². The van der Waals surface area contributed by atoms with Gasteiger partial charge >= 0.3 is 0 Å². The molecule has 0 fully saturated rings. The zero-order chi connectivity index (χ0) is 21.9. The van der Waals surface area contributed by atoms with Crippen molar-refractivity contribution in [1.29, 1.82) is 0 Å². The van der Waals surface area contributed by atoms with Crippen molar-refractivity contribution in [3.8, 4) is 5.75 Å². The second-order valence-corrected chi connectivity index (χ2v) is 6.64. The number of rotatable bonds is 10. The topological polar surface area (TPSA) is 134 Å². The van der Waals surface area contributed by atoms with Crippen molar-refractivity contribution in [2.24, 2.45) is 5.10 Å². The Hall–Kier alpha value is -3.75. The summed E-state index contributed by atoms with van der Waals surface area (Å²) in [6.07, 6.45) is 5.55. The van der Waals surface area contributed by atoms with Crippen LogP contribution in [0.5, 0.6) is 5.75 Å². The molecule has 0 aliphatic rings. The summed E-state index contributed by atoms with van der Waals surface area (Å²) < 4.78 is 0. The number of aromatic hydroxyl groups is 1. The smallest absolute Gasteiger partial charge is 0.271 e. The lowest BCUT2D eigenvalue weighted by molar-refractivity contribution is -0.384. The van der Waals surface area contributed by atoms with E-state index in [4.69, 9.17) is 0 Å². The number of anilines is 1. The van der Waals surface area contributed by atoms with Gasteiger partial charge in [0, 0.05) is 35.4 Å². The van der Waals surface area contributed by atoms with Gasteiger partial charge in [0.05, 0.1) is 11.1 Å². The maximum absolute atomic E-state index is 12.3. The van der Waals surface area contributed by atoms with E-state index in [2.05, 4.69) is 22.8 Å². The minimum absolute atomic E-state index is 0.0913. The normalized spacial score (nSPS) is 10.7. The van der Waals surface area contributed by atoms with Crippen LogP contribution in [0.25, 0.3) is 0 Å². The highest BCUT2D eigenvalue weighted by atomic mass is 16.6. The zero-order valence-electron chi connectivity index (χ0n) is 16.6. The SMILES string of the molecule is CCCCCCC(=O)Nc1cccc(C(=O)NN=Cc2cc([N+](=O)[O-])ccc2O)c1. The highest BCUT2D eigenvalue weighted by Crippen LogP contribution is 2.21. The molecule has 0 bridgehead atoms. The molecule has 9 heteroatoms. The first-order chi connectivity index (χ1) is 14.4. The van der Waals surface area contributed by atoms with Crippen LogP contribution in [-0.4, -0.2) is 28.1 Å². The lowest BCUT2D eigenvalue weighted by atomic mass is 10.1. The van der Waals surface area contributed by atoms with E-state index < -0.39 is 10.8 Å². The van der Waals surface area contributed by atoms with Gasteiger partial charge in [0.2, 0.25) is 5.91 Å². The highest BCUT2D eigenvalue weighted by molar-refractivity contribution is 5.97. The zero-order valence-corrected chi connectivity index (χ0v) is 16.6. The van der Waals surface area contributed by atoms with Gasteiger partial charge in [-0.2, -0.15) is 5.10 Å². The Morgan fingerprint density at radius 3 is 2.70 bits per heavy atom. The molecule has 0 aliphatic heterocycles. The van der Waals surface area contributed by atoms with Crippen LogP contribution in [0.2, 0.25) is 0 Å². The summed E-state index contributed by atoms with van der Waals surface area (Å²) in [5, 5.41) is 27.1. The Balaban J connectivity index is 1.95. The Bertz CT molecular complexity index is 943. The van der Waals surface area contributed by atoms with E-state index in [1.807, 2.05) is 0 Å². The highest BCUT2D eigenvalue weighted by Gasteiger charge is 2.10. The number of phenols is 1. The van der Waals surface area contributed by atoms with Crippen LogP contribution in [-0.2, 0) is 4.79 Å². The second kappa shape index (κ2) is 11.3. The fourth-order valence-electron chi connectivity index (χ4n) is 2.66. The average Bonchev–Trinajstić information content (AvgIpc) is 2.72. The molecule has 0 radical (unpaired) electrons. The van der Waals surface area contributed by atoms with Crippen molar-refractivity contribution >= 4 is 29.4 Å². The summed E-state index contributed by atoms with van der Waals surface area (Å²) in [6.45, 7) is 2.10. The van der Waals surface area contributed by atoms with Gasteiger partial charge in [-0.05, 0) is 30.7 Å². The standard InChI is InChI=1S/C21H24N4O5/c1-2-3-4-5-9-20(27)23-17-8-6-7-15(12-17)21(28)24-22-14-16-13-18(25(29)30)10-11-19(16)26/h6-8,10-14,26H,2-5,9H2,1H3,(H,23,27)(H,24,28). The Labute approximate surface area is 174 Å². The van der Waals surface area contributed by atoms with E-state index in [1.165, 1.54) is 12.1 Å². The number of benzene rings is 2. The number of carbonyl (C=O) groups excluding carboxylic acids is 2. The van der Waals surface area contributed by atoms with Crippen LogP contribution < -0.4 is 10.7 Å². The van der Waals surface area contributed by atoms with Gasteiger partial charge in [-0.3, -0.25) is 19.7 Å². The number of unbranched alkanes of at least 4 members (excludes halogenated alkanes) is 3. The van der Waals surface area contributed by atoms with E-state index in [-0.39, 0.29) is 28.5 Å². The van der Waals surface area contributed by atoms with E-state index in [9.17, 15) is 24.8 Å². The summed E-state index contributed by atoms with van der Waals surface area (Å²) in [6, 6.07) is 9.89. The Kier molecular flexibility index (Phi) is 8.49. The number of nitro groups is 1. The van der Waals surface area contributed by atoms with Crippen LogP contribution in [0, 0.1) is 10.1 Å². The fourth-order valence-corrected chi connectivity index (χ4v) is 2.66. The number of non-ortho nitro benzene ring substituents is 1. The second-order valence-electron chi connectivity index (χ2n) is 6.64. The van der Waals surface area contributed by atoms with Gasteiger partial charge in [0.25, 0.3) is 11.6 Å². The number of nitrogens with one attached hydrogen (secondary N) is 2. The van der Waals surface area contributed by atoms with Crippen molar-refractivity contribution in [3.63, 3.8) is 0 Å². The number of hydrogen-bond acceptors (Lipinski definition) is 6. The minimum Gasteiger partial charge on any atom is -0.507 e. The first-order valence-electron chi connectivity index (χ1n) is 9.61. The molecule has 0 aromatic heterocycles. The number of carbonyl (C=O) groups is 2. The monoisotopic (exact) mass is 412 g/mol. The summed E-state index contributed by atoms with van der Waals surface area (Å²) in [5.74, 6) is -0.847. The van der Waals surface area contributed by atoms with Crippen LogP contribution in [0.1, 0.15) is 54.9 Å². The summed E-state index contributed by atoms with van der Waals surface area (Å²) in [5.41, 5.74) is 2.95. The lowest BCUT2D eigenvalue weighted by Gasteiger charge is -2.07. The first kappa shape index (κ1) is 22.5. The quantitative estimate of drug-likeness (QED) is 0.235. The number of hydrazone groups is 1. The molecule has 9 nitrogen and oxygen atoms in total. The molecule has 0 heterocycles. The van der Waals surface area contributed by atoms with Crippen molar-refractivity contribution < 1.29 is 19.6 Å². The van der Waals surface area contributed by atoms with Crippen molar-refractivity contribution in [2.75, 3.05) is 5.32 Å². The van der Waals surface area contributed by atoms with Gasteiger partial charge in [-0.1, -0.05) is 32.3 Å². The van der Waals surface area contributed by atoms with Gasteiger partial charge in [0.1, 0.15) is 5.75 Å². The number of nitrogens with zero attached hydrogens (tertiary/aromatic N) is 2. The van der Waals surface area contributed by atoms with Gasteiger partial charge in [-0.25, -0.2) is 5.43 Å². The molecule has 0 saturated heterocycles. The third kappa shape index (κ3) is 7.01. The molecule has 0 unspecified atom stereocenters. The van der Waals surface area contributed by atoms with Crippen LogP contribution in [0.4, 0.5) is 11.4 Å². The molecule has 2 aromatic carbocycles. The molecule has 0 aliphatic carbocycles. The van der Waals surface area contributed by atoms with E-state index >= 15 is 0 Å². The molecular formula is C21H24N4O5. The number of nitro benzene ring substituents is 1. The molecule has 3 N–H and O–H groups in total. The third-order valence-corrected chi connectivity index (χ3v) is 4.26. The molecule has 0 atom stereocenters. The average molecular weight is 412 g/mol. The van der Waals surface area contributed by atoms with Crippen molar-refractivity contribution in [2.45, 2.75) is 39.0 Å². The summed E-state index contributed by atoms with van der Waals surface area (Å²) >= 11 is 0. The van der Waals surface area contributed by atoms with Crippen molar-refractivity contribution in [1.82, 2.24) is 5.43 Å².